The molecule has 1 saturated carbocycles. The minimum Gasteiger partial charge on any atom is -0.438 e. The van der Waals surface area contributed by atoms with E-state index in [1.807, 2.05) is 50.2 Å². The molecule has 2 aliphatic rings. The highest BCUT2D eigenvalue weighted by Gasteiger charge is 2.47. The number of hydrogen-bond acceptors (Lipinski definition) is 4. The molecule has 2 aromatic rings. The molecule has 0 bridgehead atoms. The second kappa shape index (κ2) is 8.79. The summed E-state index contributed by atoms with van der Waals surface area (Å²) in [5.74, 6) is -0.480. The van der Waals surface area contributed by atoms with E-state index in [1.54, 1.807) is 18.2 Å². The molecule has 4 rings (SSSR count). The summed E-state index contributed by atoms with van der Waals surface area (Å²) in [5, 5.41) is 5.87. The van der Waals surface area contributed by atoms with Crippen LogP contribution in [0.2, 0.25) is 0 Å². The molecule has 7 heteroatoms. The number of carbonyl (C=O) groups is 3. The molecule has 2 N–H and O–H groups in total. The number of carbonyl (C=O) groups excluding carboxylic acids is 3. The van der Waals surface area contributed by atoms with Crippen LogP contribution in [0.5, 0.6) is 0 Å². The molecule has 3 amide bonds. The lowest BCUT2D eigenvalue weighted by Crippen LogP contribution is -2.46. The molecule has 0 aromatic heterocycles. The quantitative estimate of drug-likeness (QED) is 0.715. The van der Waals surface area contributed by atoms with Gasteiger partial charge in [0.25, 0.3) is 0 Å². The summed E-state index contributed by atoms with van der Waals surface area (Å²) in [4.78, 5) is 39.5. The van der Waals surface area contributed by atoms with Crippen molar-refractivity contribution in [1.29, 1.82) is 0 Å². The summed E-state index contributed by atoms with van der Waals surface area (Å²) in [5.41, 5.74) is 2.19. The summed E-state index contributed by atoms with van der Waals surface area (Å²) < 4.78 is 5.69. The summed E-state index contributed by atoms with van der Waals surface area (Å²) in [6, 6.07) is 16.1. The van der Waals surface area contributed by atoms with Gasteiger partial charge in [0, 0.05) is 17.6 Å². The topological polar surface area (TPSA) is 87.7 Å². The molecule has 2 fully saturated rings. The number of rotatable bonds is 7. The van der Waals surface area contributed by atoms with Gasteiger partial charge < -0.3 is 15.4 Å². The lowest BCUT2D eigenvalue weighted by Gasteiger charge is -2.24. The number of ether oxygens (including phenoxy) is 1. The highest BCUT2D eigenvalue weighted by atomic mass is 16.6. The third-order valence-electron chi connectivity index (χ3n) is 5.48. The highest BCUT2D eigenvalue weighted by Crippen LogP contribution is 2.35. The predicted molar refractivity (Wildman–Crippen MR) is 116 cm³/mol. The Morgan fingerprint density at radius 1 is 1.10 bits per heavy atom. The smallest absolute Gasteiger partial charge is 0.411 e. The first kappa shape index (κ1) is 20.9. The summed E-state index contributed by atoms with van der Waals surface area (Å²) in [6.45, 7) is 3.91. The fourth-order valence-electron chi connectivity index (χ4n) is 3.58. The zero-order valence-electron chi connectivity index (χ0n) is 17.7. The first-order valence-corrected chi connectivity index (χ1v) is 10.6. The van der Waals surface area contributed by atoms with Crippen molar-refractivity contribution in [1.82, 2.24) is 10.2 Å². The van der Waals surface area contributed by atoms with Gasteiger partial charge >= 0.3 is 6.09 Å². The van der Waals surface area contributed by atoms with Gasteiger partial charge in [-0.15, -0.1) is 0 Å². The van der Waals surface area contributed by atoms with Crippen LogP contribution in [0, 0.1) is 5.92 Å². The second-order valence-electron chi connectivity index (χ2n) is 8.41. The molecule has 31 heavy (non-hydrogen) atoms. The van der Waals surface area contributed by atoms with Gasteiger partial charge in [0.05, 0.1) is 6.54 Å². The number of nitrogens with zero attached hydrogens (tertiary/aromatic N) is 1. The maximum atomic E-state index is 13.1. The molecular formula is C24H27N3O4. The number of anilines is 1. The average molecular weight is 421 g/mol. The molecule has 1 heterocycles. The normalized spacial score (nSPS) is 20.5. The minimum atomic E-state index is -0.788. The number of hydrogen-bond donors (Lipinski definition) is 2. The highest BCUT2D eigenvalue weighted by molar-refractivity contribution is 5.92. The Hall–Kier alpha value is -3.35. The van der Waals surface area contributed by atoms with Crippen molar-refractivity contribution in [3.63, 3.8) is 0 Å². The van der Waals surface area contributed by atoms with E-state index in [4.69, 9.17) is 4.74 Å². The van der Waals surface area contributed by atoms with Crippen LogP contribution in [0.25, 0.3) is 0 Å². The van der Waals surface area contributed by atoms with E-state index < -0.39 is 18.2 Å². The van der Waals surface area contributed by atoms with Gasteiger partial charge in [-0.05, 0) is 36.1 Å². The first-order valence-electron chi connectivity index (χ1n) is 10.6. The summed E-state index contributed by atoms with van der Waals surface area (Å²) >= 11 is 0. The van der Waals surface area contributed by atoms with Crippen LogP contribution in [-0.4, -0.2) is 34.9 Å². The van der Waals surface area contributed by atoms with E-state index in [-0.39, 0.29) is 30.3 Å². The van der Waals surface area contributed by atoms with Crippen LogP contribution in [0.15, 0.2) is 54.6 Å². The van der Waals surface area contributed by atoms with Crippen molar-refractivity contribution < 1.29 is 19.1 Å². The molecule has 2 unspecified atom stereocenters. The Kier molecular flexibility index (Phi) is 5.93. The maximum absolute atomic E-state index is 13.1. The van der Waals surface area contributed by atoms with Gasteiger partial charge in [0.15, 0.2) is 12.1 Å². The minimum absolute atomic E-state index is 0.103. The van der Waals surface area contributed by atoms with Crippen molar-refractivity contribution >= 4 is 23.6 Å². The molecular weight excluding hydrogens is 394 g/mol. The van der Waals surface area contributed by atoms with E-state index in [2.05, 4.69) is 10.6 Å². The molecule has 7 nitrogen and oxygen atoms in total. The van der Waals surface area contributed by atoms with Crippen molar-refractivity contribution in [3.8, 4) is 0 Å². The van der Waals surface area contributed by atoms with Crippen LogP contribution >= 0.6 is 0 Å². The van der Waals surface area contributed by atoms with Gasteiger partial charge in [-0.3, -0.25) is 14.5 Å². The first-order chi connectivity index (χ1) is 14.9. The summed E-state index contributed by atoms with van der Waals surface area (Å²) in [6.07, 6.45) is 0.619. The van der Waals surface area contributed by atoms with Gasteiger partial charge in [0.1, 0.15) is 0 Å². The van der Waals surface area contributed by atoms with Crippen LogP contribution in [0.4, 0.5) is 10.5 Å². The molecule has 1 saturated heterocycles. The SMILES string of the molecule is CC(C)C(=O)Nc1cccc(C2OC(=O)N(Cc3ccccc3)C2C(=O)NC2CC2)c1. The molecule has 0 radical (unpaired) electrons. The average Bonchev–Trinajstić information content (AvgIpc) is 3.51. The van der Waals surface area contributed by atoms with Crippen LogP contribution < -0.4 is 10.6 Å². The Bertz CT molecular complexity index is 972. The second-order valence-corrected chi connectivity index (χ2v) is 8.41. The number of cyclic esters (lactones) is 1. The van der Waals surface area contributed by atoms with Gasteiger partial charge in [0.2, 0.25) is 11.8 Å². The van der Waals surface area contributed by atoms with Gasteiger partial charge in [-0.1, -0.05) is 56.3 Å². The molecule has 2 atom stereocenters. The van der Waals surface area contributed by atoms with E-state index >= 15 is 0 Å². The fourth-order valence-corrected chi connectivity index (χ4v) is 3.58. The Balaban J connectivity index is 1.61. The molecule has 1 aliphatic heterocycles. The lowest BCUT2D eigenvalue weighted by molar-refractivity contribution is -0.126. The van der Waals surface area contributed by atoms with E-state index in [0.29, 0.717) is 11.3 Å². The lowest BCUT2D eigenvalue weighted by atomic mass is 10.00. The summed E-state index contributed by atoms with van der Waals surface area (Å²) in [7, 11) is 0. The van der Waals surface area contributed by atoms with Crippen LogP contribution in [0.3, 0.4) is 0 Å². The number of benzene rings is 2. The van der Waals surface area contributed by atoms with Crippen LogP contribution in [-0.2, 0) is 20.9 Å². The van der Waals surface area contributed by atoms with Crippen LogP contribution in [0.1, 0.15) is 43.9 Å². The monoisotopic (exact) mass is 421 g/mol. The van der Waals surface area contributed by atoms with E-state index in [1.165, 1.54) is 4.90 Å². The molecule has 162 valence electrons. The van der Waals surface area contributed by atoms with Crippen molar-refractivity contribution in [2.75, 3.05) is 5.32 Å². The zero-order chi connectivity index (χ0) is 22.0. The molecule has 0 spiro atoms. The van der Waals surface area contributed by atoms with E-state index in [9.17, 15) is 14.4 Å². The van der Waals surface area contributed by atoms with Gasteiger partial charge in [-0.2, -0.15) is 0 Å². The largest absolute Gasteiger partial charge is 0.438 e. The molecule has 1 aliphatic carbocycles. The Morgan fingerprint density at radius 2 is 1.84 bits per heavy atom. The zero-order valence-corrected chi connectivity index (χ0v) is 17.7. The third-order valence-corrected chi connectivity index (χ3v) is 5.48. The third kappa shape index (κ3) is 4.87. The number of amides is 3. The number of nitrogens with one attached hydrogen (secondary N) is 2. The fraction of sp³-hybridized carbons (Fsp3) is 0.375. The van der Waals surface area contributed by atoms with Crippen molar-refractivity contribution in [3.05, 3.63) is 65.7 Å². The standard InChI is InChI=1S/C24H27N3O4/c1-15(2)22(28)26-19-10-6-9-17(13-19)21-20(23(29)25-18-11-12-18)27(24(30)31-21)14-16-7-4-3-5-8-16/h3-10,13,15,18,20-21H,11-12,14H2,1-2H3,(H,25,29)(H,26,28). The molecule has 2 aromatic carbocycles. The van der Waals surface area contributed by atoms with Crippen molar-refractivity contribution in [2.24, 2.45) is 5.92 Å². The Morgan fingerprint density at radius 3 is 2.52 bits per heavy atom. The maximum Gasteiger partial charge on any atom is 0.411 e. The van der Waals surface area contributed by atoms with E-state index in [0.717, 1.165) is 18.4 Å². The van der Waals surface area contributed by atoms with Gasteiger partial charge in [-0.25, -0.2) is 4.79 Å². The van der Waals surface area contributed by atoms with Crippen molar-refractivity contribution in [2.45, 2.75) is 51.4 Å². The Labute approximate surface area is 181 Å². The predicted octanol–water partition coefficient (Wildman–Crippen LogP) is 3.62.